The molecule has 0 saturated carbocycles. The lowest BCUT2D eigenvalue weighted by molar-refractivity contribution is -0.119. The zero-order valence-corrected chi connectivity index (χ0v) is 6.10. The van der Waals surface area contributed by atoms with Crippen LogP contribution in [-0.2, 0) is 11.3 Å². The number of nitrogens with zero attached hydrogens (tertiary/aromatic N) is 1. The van der Waals surface area contributed by atoms with E-state index in [0.717, 1.165) is 0 Å². The first-order valence-corrected chi connectivity index (χ1v) is 3.36. The first-order chi connectivity index (χ1) is 5.20. The fraction of sp³-hybridized carbons (Fsp3) is 0.286. The van der Waals surface area contributed by atoms with Gasteiger partial charge in [-0.25, -0.2) is 0 Å². The molecule has 4 nitrogen and oxygen atoms in total. The maximum absolute atomic E-state index is 10.5. The van der Waals surface area contributed by atoms with Crippen LogP contribution in [0.15, 0.2) is 24.5 Å². The van der Waals surface area contributed by atoms with Crippen LogP contribution in [0.1, 0.15) is 0 Å². The molecule has 1 atom stereocenters. The van der Waals surface area contributed by atoms with Gasteiger partial charge in [0, 0.05) is 18.9 Å². The van der Waals surface area contributed by atoms with Gasteiger partial charge in [-0.15, -0.1) is 0 Å². The molecule has 0 aliphatic heterocycles. The van der Waals surface area contributed by atoms with E-state index in [1.165, 1.54) is 0 Å². The highest BCUT2D eigenvalue weighted by atomic mass is 16.1. The lowest BCUT2D eigenvalue weighted by atomic mass is 10.3. The predicted octanol–water partition coefficient (Wildman–Crippen LogP) is -0.699. The Kier molecular flexibility index (Phi) is 2.28. The lowest BCUT2D eigenvalue weighted by Crippen LogP contribution is -2.39. The van der Waals surface area contributed by atoms with Gasteiger partial charge in [0.2, 0.25) is 5.91 Å². The van der Waals surface area contributed by atoms with Crippen molar-refractivity contribution in [1.82, 2.24) is 4.57 Å². The van der Waals surface area contributed by atoms with Crippen molar-refractivity contribution in [3.63, 3.8) is 0 Å². The van der Waals surface area contributed by atoms with Gasteiger partial charge in [-0.1, -0.05) is 0 Å². The number of primary amides is 1. The third kappa shape index (κ3) is 2.09. The van der Waals surface area contributed by atoms with Gasteiger partial charge in [-0.3, -0.25) is 4.79 Å². The monoisotopic (exact) mass is 153 g/mol. The Labute approximate surface area is 64.8 Å². The average Bonchev–Trinajstić information content (AvgIpc) is 2.39. The fourth-order valence-corrected chi connectivity index (χ4v) is 0.809. The first kappa shape index (κ1) is 7.81. The standard InChI is InChI=1S/C7H11N3O/c8-6(7(9)11)5-10-3-1-2-4-10/h1-4,6H,5,8H2,(H2,9,11). The smallest absolute Gasteiger partial charge is 0.236 e. The summed E-state index contributed by atoms with van der Waals surface area (Å²) in [5, 5.41) is 0. The van der Waals surface area contributed by atoms with E-state index >= 15 is 0 Å². The van der Waals surface area contributed by atoms with Crippen molar-refractivity contribution < 1.29 is 4.79 Å². The maximum atomic E-state index is 10.5. The largest absolute Gasteiger partial charge is 0.368 e. The summed E-state index contributed by atoms with van der Waals surface area (Å²) in [6.07, 6.45) is 3.67. The van der Waals surface area contributed by atoms with Crippen LogP contribution in [0, 0.1) is 0 Å². The van der Waals surface area contributed by atoms with Gasteiger partial charge in [0.1, 0.15) is 6.04 Å². The van der Waals surface area contributed by atoms with E-state index in [1.807, 2.05) is 29.1 Å². The van der Waals surface area contributed by atoms with Crippen LogP contribution in [0.25, 0.3) is 0 Å². The van der Waals surface area contributed by atoms with Crippen molar-refractivity contribution in [2.75, 3.05) is 0 Å². The number of carbonyl (C=O) groups is 1. The number of hydrogen-bond acceptors (Lipinski definition) is 2. The second-order valence-electron chi connectivity index (χ2n) is 2.39. The number of rotatable bonds is 3. The maximum Gasteiger partial charge on any atom is 0.236 e. The Morgan fingerprint density at radius 2 is 2.00 bits per heavy atom. The summed E-state index contributed by atoms with van der Waals surface area (Å²) in [4.78, 5) is 10.5. The average molecular weight is 153 g/mol. The molecule has 1 aromatic rings. The van der Waals surface area contributed by atoms with Crippen LogP contribution in [0.5, 0.6) is 0 Å². The molecular formula is C7H11N3O. The molecule has 0 aliphatic carbocycles. The molecule has 4 heteroatoms. The van der Waals surface area contributed by atoms with Gasteiger partial charge in [0.25, 0.3) is 0 Å². The molecule has 1 rings (SSSR count). The molecule has 0 fully saturated rings. The van der Waals surface area contributed by atoms with Crippen LogP contribution in [0.3, 0.4) is 0 Å². The van der Waals surface area contributed by atoms with Crippen molar-refractivity contribution in [3.8, 4) is 0 Å². The normalized spacial score (nSPS) is 12.8. The third-order valence-electron chi connectivity index (χ3n) is 1.44. The number of nitrogens with two attached hydrogens (primary N) is 2. The molecule has 0 bridgehead atoms. The van der Waals surface area contributed by atoms with Crippen LogP contribution >= 0.6 is 0 Å². The summed E-state index contributed by atoms with van der Waals surface area (Å²) in [5.74, 6) is -0.473. The summed E-state index contributed by atoms with van der Waals surface area (Å²) in [6.45, 7) is 0.447. The molecule has 1 unspecified atom stereocenters. The van der Waals surface area contributed by atoms with Crippen molar-refractivity contribution in [2.45, 2.75) is 12.6 Å². The van der Waals surface area contributed by atoms with E-state index in [2.05, 4.69) is 0 Å². The second kappa shape index (κ2) is 3.21. The van der Waals surface area contributed by atoms with E-state index in [9.17, 15) is 4.79 Å². The van der Waals surface area contributed by atoms with Crippen molar-refractivity contribution in [1.29, 1.82) is 0 Å². The molecule has 4 N–H and O–H groups in total. The Balaban J connectivity index is 2.50. The molecule has 0 radical (unpaired) electrons. The number of aromatic nitrogens is 1. The van der Waals surface area contributed by atoms with E-state index in [4.69, 9.17) is 11.5 Å². The van der Waals surface area contributed by atoms with Crippen LogP contribution in [-0.4, -0.2) is 16.5 Å². The quantitative estimate of drug-likeness (QED) is 0.602. The summed E-state index contributed by atoms with van der Waals surface area (Å²) < 4.78 is 1.81. The molecule has 1 amide bonds. The summed E-state index contributed by atoms with van der Waals surface area (Å²) >= 11 is 0. The molecular weight excluding hydrogens is 142 g/mol. The number of carbonyl (C=O) groups excluding carboxylic acids is 1. The van der Waals surface area contributed by atoms with E-state index < -0.39 is 11.9 Å². The van der Waals surface area contributed by atoms with Crippen LogP contribution < -0.4 is 11.5 Å². The van der Waals surface area contributed by atoms with E-state index in [1.54, 1.807) is 0 Å². The SMILES string of the molecule is NC(=O)C(N)Cn1cccc1. The molecule has 0 aliphatic rings. The summed E-state index contributed by atoms with van der Waals surface area (Å²) in [7, 11) is 0. The van der Waals surface area contributed by atoms with E-state index in [-0.39, 0.29) is 0 Å². The molecule has 1 aromatic heterocycles. The molecule has 0 saturated heterocycles. The van der Waals surface area contributed by atoms with Crippen LogP contribution in [0.2, 0.25) is 0 Å². The Morgan fingerprint density at radius 3 is 2.45 bits per heavy atom. The molecule has 0 spiro atoms. The minimum absolute atomic E-state index is 0.447. The molecule has 1 heterocycles. The predicted molar refractivity (Wildman–Crippen MR) is 41.6 cm³/mol. The van der Waals surface area contributed by atoms with Crippen LogP contribution in [0.4, 0.5) is 0 Å². The third-order valence-corrected chi connectivity index (χ3v) is 1.44. The number of amides is 1. The molecule has 11 heavy (non-hydrogen) atoms. The van der Waals surface area contributed by atoms with Crippen molar-refractivity contribution in [2.24, 2.45) is 11.5 Å². The Hall–Kier alpha value is -1.29. The van der Waals surface area contributed by atoms with E-state index in [0.29, 0.717) is 6.54 Å². The van der Waals surface area contributed by atoms with Crippen molar-refractivity contribution in [3.05, 3.63) is 24.5 Å². The minimum Gasteiger partial charge on any atom is -0.368 e. The van der Waals surface area contributed by atoms with Gasteiger partial charge in [0.15, 0.2) is 0 Å². The lowest BCUT2D eigenvalue weighted by Gasteiger charge is -2.07. The van der Waals surface area contributed by atoms with Gasteiger partial charge in [-0.05, 0) is 12.1 Å². The summed E-state index contributed by atoms with van der Waals surface area (Å²) in [5.41, 5.74) is 10.4. The Morgan fingerprint density at radius 1 is 1.45 bits per heavy atom. The van der Waals surface area contributed by atoms with Gasteiger partial charge in [-0.2, -0.15) is 0 Å². The molecule has 60 valence electrons. The highest BCUT2D eigenvalue weighted by molar-refractivity contribution is 5.79. The van der Waals surface area contributed by atoms with Gasteiger partial charge in [0.05, 0.1) is 0 Å². The summed E-state index contributed by atoms with van der Waals surface area (Å²) in [6, 6.07) is 3.14. The minimum atomic E-state index is -0.595. The first-order valence-electron chi connectivity index (χ1n) is 3.36. The van der Waals surface area contributed by atoms with Gasteiger partial charge >= 0.3 is 0 Å². The zero-order chi connectivity index (χ0) is 8.27. The van der Waals surface area contributed by atoms with Crippen molar-refractivity contribution >= 4 is 5.91 Å². The topological polar surface area (TPSA) is 74.0 Å². The highest BCUT2D eigenvalue weighted by Crippen LogP contribution is 1.91. The molecule has 0 aromatic carbocycles. The fourth-order valence-electron chi connectivity index (χ4n) is 0.809. The Bertz CT molecular complexity index is 230. The zero-order valence-electron chi connectivity index (χ0n) is 6.10. The second-order valence-corrected chi connectivity index (χ2v) is 2.39. The number of hydrogen-bond donors (Lipinski definition) is 2. The van der Waals surface area contributed by atoms with Gasteiger partial charge < -0.3 is 16.0 Å². The highest BCUT2D eigenvalue weighted by Gasteiger charge is 2.07.